The lowest BCUT2D eigenvalue weighted by Gasteiger charge is -2.23. The maximum Gasteiger partial charge on any atom is 0.242 e. The third-order valence-electron chi connectivity index (χ3n) is 7.25. The molecule has 5 nitrogen and oxygen atoms in total. The average molecular weight is 496 g/mol. The molecule has 0 aromatic carbocycles. The SMILES string of the molecule is CCCCCCCCCCCCCCCCCCNC(=O)[C@@H](NC(=O)CCCCCN)[C@@H](C)CC. The van der Waals surface area contributed by atoms with Crippen LogP contribution in [0.15, 0.2) is 0 Å². The van der Waals surface area contributed by atoms with Gasteiger partial charge in [0.15, 0.2) is 0 Å². The Morgan fingerprint density at radius 1 is 0.657 bits per heavy atom. The second kappa shape index (κ2) is 26.0. The van der Waals surface area contributed by atoms with Gasteiger partial charge in [0.1, 0.15) is 6.04 Å². The molecule has 4 N–H and O–H groups in total. The number of nitrogens with two attached hydrogens (primary N) is 1. The highest BCUT2D eigenvalue weighted by molar-refractivity contribution is 5.87. The minimum Gasteiger partial charge on any atom is -0.354 e. The van der Waals surface area contributed by atoms with E-state index >= 15 is 0 Å². The van der Waals surface area contributed by atoms with Gasteiger partial charge in [-0.3, -0.25) is 9.59 Å². The molecule has 208 valence electrons. The van der Waals surface area contributed by atoms with Crippen LogP contribution in [-0.4, -0.2) is 30.9 Å². The summed E-state index contributed by atoms with van der Waals surface area (Å²) >= 11 is 0. The fourth-order valence-corrected chi connectivity index (χ4v) is 4.55. The van der Waals surface area contributed by atoms with Gasteiger partial charge in [0, 0.05) is 13.0 Å². The van der Waals surface area contributed by atoms with Crippen molar-refractivity contribution in [1.82, 2.24) is 10.6 Å². The van der Waals surface area contributed by atoms with Crippen LogP contribution in [0.5, 0.6) is 0 Å². The molecule has 0 heterocycles. The molecule has 0 saturated carbocycles. The molecular formula is C30H61N3O2. The van der Waals surface area contributed by atoms with Crippen LogP contribution in [0.25, 0.3) is 0 Å². The van der Waals surface area contributed by atoms with Gasteiger partial charge in [-0.25, -0.2) is 0 Å². The fourth-order valence-electron chi connectivity index (χ4n) is 4.55. The predicted octanol–water partition coefficient (Wildman–Crippen LogP) is 7.41. The standard InChI is InChI=1S/C30H61N3O2/c1-4-6-7-8-9-10-11-12-13-14-15-16-17-18-19-23-26-32-30(35)29(27(3)5-2)33-28(34)24-21-20-22-25-31/h27,29H,4-26,31H2,1-3H3,(H,32,35)(H,33,34)/t27-,29-/m0/s1. The van der Waals surface area contributed by atoms with E-state index in [1.165, 1.54) is 96.3 Å². The number of rotatable bonds is 26. The summed E-state index contributed by atoms with van der Waals surface area (Å²) in [5, 5.41) is 6.03. The first-order valence-corrected chi connectivity index (χ1v) is 15.3. The highest BCUT2D eigenvalue weighted by Gasteiger charge is 2.25. The first-order chi connectivity index (χ1) is 17.1. The van der Waals surface area contributed by atoms with Gasteiger partial charge in [-0.1, -0.05) is 130 Å². The number of carbonyl (C=O) groups excluding carboxylic acids is 2. The molecule has 0 rings (SSSR count). The van der Waals surface area contributed by atoms with E-state index in [4.69, 9.17) is 5.73 Å². The Bertz CT molecular complexity index is 484. The normalized spacial score (nSPS) is 12.9. The highest BCUT2D eigenvalue weighted by atomic mass is 16.2. The lowest BCUT2D eigenvalue weighted by Crippen LogP contribution is -2.50. The van der Waals surface area contributed by atoms with Crippen molar-refractivity contribution in [3.05, 3.63) is 0 Å². The average Bonchev–Trinajstić information content (AvgIpc) is 2.86. The Morgan fingerprint density at radius 3 is 1.57 bits per heavy atom. The van der Waals surface area contributed by atoms with Gasteiger partial charge in [-0.15, -0.1) is 0 Å². The Morgan fingerprint density at radius 2 is 1.11 bits per heavy atom. The van der Waals surface area contributed by atoms with E-state index in [2.05, 4.69) is 24.5 Å². The molecule has 0 aliphatic carbocycles. The van der Waals surface area contributed by atoms with Crippen LogP contribution >= 0.6 is 0 Å². The summed E-state index contributed by atoms with van der Waals surface area (Å²) in [6.07, 6.45) is 25.6. The summed E-state index contributed by atoms with van der Waals surface area (Å²) in [6.45, 7) is 7.75. The van der Waals surface area contributed by atoms with Crippen molar-refractivity contribution in [1.29, 1.82) is 0 Å². The Hall–Kier alpha value is -1.10. The Labute approximate surface area is 218 Å². The van der Waals surface area contributed by atoms with E-state index in [0.717, 1.165) is 32.1 Å². The summed E-state index contributed by atoms with van der Waals surface area (Å²) in [5.74, 6) is 0.0780. The molecule has 2 atom stereocenters. The second-order valence-electron chi connectivity index (χ2n) is 10.6. The van der Waals surface area contributed by atoms with Crippen molar-refractivity contribution in [3.8, 4) is 0 Å². The van der Waals surface area contributed by atoms with E-state index in [9.17, 15) is 9.59 Å². The molecule has 5 heteroatoms. The number of hydrogen-bond donors (Lipinski definition) is 3. The number of carbonyl (C=O) groups is 2. The molecule has 0 bridgehead atoms. The third kappa shape index (κ3) is 21.9. The first-order valence-electron chi connectivity index (χ1n) is 15.3. The summed E-state index contributed by atoms with van der Waals surface area (Å²) in [6, 6.07) is -0.428. The lowest BCUT2D eigenvalue weighted by atomic mass is 9.98. The molecule has 0 aromatic rings. The molecule has 0 radical (unpaired) electrons. The van der Waals surface area contributed by atoms with Gasteiger partial charge in [0.2, 0.25) is 11.8 Å². The van der Waals surface area contributed by atoms with Crippen molar-refractivity contribution in [2.75, 3.05) is 13.1 Å². The number of hydrogen-bond acceptors (Lipinski definition) is 3. The second-order valence-corrected chi connectivity index (χ2v) is 10.6. The van der Waals surface area contributed by atoms with E-state index in [0.29, 0.717) is 19.5 Å². The van der Waals surface area contributed by atoms with Crippen LogP contribution in [0, 0.1) is 5.92 Å². The van der Waals surface area contributed by atoms with Crippen LogP contribution in [0.3, 0.4) is 0 Å². The van der Waals surface area contributed by atoms with Crippen molar-refractivity contribution < 1.29 is 9.59 Å². The minimum atomic E-state index is -0.428. The van der Waals surface area contributed by atoms with Crippen LogP contribution in [0.2, 0.25) is 0 Å². The summed E-state index contributed by atoms with van der Waals surface area (Å²) in [7, 11) is 0. The smallest absolute Gasteiger partial charge is 0.242 e. The topological polar surface area (TPSA) is 84.2 Å². The number of unbranched alkanes of at least 4 members (excludes halogenated alkanes) is 17. The van der Waals surface area contributed by atoms with E-state index in [1.54, 1.807) is 0 Å². The molecule has 0 aliphatic rings. The van der Waals surface area contributed by atoms with Gasteiger partial charge < -0.3 is 16.4 Å². The van der Waals surface area contributed by atoms with Gasteiger partial charge in [0.05, 0.1) is 0 Å². The fraction of sp³-hybridized carbons (Fsp3) is 0.933. The number of amides is 2. The molecule has 0 saturated heterocycles. The molecule has 0 aliphatic heterocycles. The van der Waals surface area contributed by atoms with E-state index in [1.807, 2.05) is 6.92 Å². The molecule has 0 unspecified atom stereocenters. The van der Waals surface area contributed by atoms with Gasteiger partial charge in [0.25, 0.3) is 0 Å². The Kier molecular flexibility index (Phi) is 25.2. The zero-order valence-corrected chi connectivity index (χ0v) is 23.8. The molecule has 0 aromatic heterocycles. The van der Waals surface area contributed by atoms with Gasteiger partial charge >= 0.3 is 0 Å². The van der Waals surface area contributed by atoms with E-state index in [-0.39, 0.29) is 17.7 Å². The van der Waals surface area contributed by atoms with Crippen LogP contribution < -0.4 is 16.4 Å². The van der Waals surface area contributed by atoms with Crippen molar-refractivity contribution >= 4 is 11.8 Å². The summed E-state index contributed by atoms with van der Waals surface area (Å²) in [4.78, 5) is 24.9. The monoisotopic (exact) mass is 495 g/mol. The van der Waals surface area contributed by atoms with Gasteiger partial charge in [-0.05, 0) is 31.7 Å². The Balaban J connectivity index is 3.69. The lowest BCUT2D eigenvalue weighted by molar-refractivity contribution is -0.130. The molecule has 0 fully saturated rings. The quantitative estimate of drug-likeness (QED) is 0.109. The molecule has 0 spiro atoms. The highest BCUT2D eigenvalue weighted by Crippen LogP contribution is 2.14. The zero-order valence-electron chi connectivity index (χ0n) is 23.8. The molecule has 2 amide bonds. The summed E-state index contributed by atoms with van der Waals surface area (Å²) < 4.78 is 0. The van der Waals surface area contributed by atoms with Crippen molar-refractivity contribution in [3.63, 3.8) is 0 Å². The number of nitrogens with one attached hydrogen (secondary N) is 2. The predicted molar refractivity (Wildman–Crippen MR) is 151 cm³/mol. The van der Waals surface area contributed by atoms with Crippen molar-refractivity contribution in [2.24, 2.45) is 11.7 Å². The molecule has 35 heavy (non-hydrogen) atoms. The van der Waals surface area contributed by atoms with E-state index < -0.39 is 6.04 Å². The third-order valence-corrected chi connectivity index (χ3v) is 7.25. The van der Waals surface area contributed by atoms with Gasteiger partial charge in [-0.2, -0.15) is 0 Å². The maximum absolute atomic E-state index is 12.7. The van der Waals surface area contributed by atoms with Crippen LogP contribution in [-0.2, 0) is 9.59 Å². The minimum absolute atomic E-state index is 0.0233. The zero-order chi connectivity index (χ0) is 26.0. The summed E-state index contributed by atoms with van der Waals surface area (Å²) in [5.41, 5.74) is 5.51. The maximum atomic E-state index is 12.7. The van der Waals surface area contributed by atoms with Crippen LogP contribution in [0.1, 0.15) is 156 Å². The first kappa shape index (κ1) is 33.9. The van der Waals surface area contributed by atoms with Crippen molar-refractivity contribution in [2.45, 2.75) is 162 Å². The van der Waals surface area contributed by atoms with Crippen LogP contribution in [0.4, 0.5) is 0 Å². The molecular weight excluding hydrogens is 434 g/mol. The largest absolute Gasteiger partial charge is 0.354 e.